The summed E-state index contributed by atoms with van der Waals surface area (Å²) in [6.45, 7) is 0. The molecule has 5 heteroatoms. The van der Waals surface area contributed by atoms with E-state index in [1.807, 2.05) is 0 Å². The van der Waals surface area contributed by atoms with Gasteiger partial charge in [0.05, 0.1) is 5.41 Å². The number of rotatable bonds is 3. The van der Waals surface area contributed by atoms with Crippen molar-refractivity contribution in [3.63, 3.8) is 0 Å². The summed E-state index contributed by atoms with van der Waals surface area (Å²) >= 11 is 5.82. The molecule has 0 aliphatic heterocycles. The first kappa shape index (κ1) is 11.5. The number of amides is 1. The molecule has 0 saturated heterocycles. The van der Waals surface area contributed by atoms with E-state index in [1.165, 1.54) is 0 Å². The Morgan fingerprint density at radius 1 is 1.28 bits per heavy atom. The van der Waals surface area contributed by atoms with Gasteiger partial charge in [0.2, 0.25) is 0 Å². The van der Waals surface area contributed by atoms with Gasteiger partial charge in [-0.3, -0.25) is 9.59 Å². The van der Waals surface area contributed by atoms with Gasteiger partial charge in [0.15, 0.2) is 0 Å². The van der Waals surface area contributed by atoms with Gasteiger partial charge in [0.1, 0.15) is 0 Å². The lowest BCUT2D eigenvalue weighted by atomic mass is 9.39. The van der Waals surface area contributed by atoms with E-state index in [9.17, 15) is 9.59 Å². The first-order chi connectivity index (χ1) is 8.45. The third-order valence-electron chi connectivity index (χ3n) is 3.95. The molecule has 3 aliphatic carbocycles. The average Bonchev–Trinajstić information content (AvgIpc) is 2.20. The standard InChI is InChI=1S/C13H12ClNO3/c14-9-3-1-2-8(4-9)10(16)15-13-5-12(6-13,7-13)11(17)18/h1-4H,5-7H2,(H,15,16)(H,17,18). The van der Waals surface area contributed by atoms with Gasteiger partial charge < -0.3 is 10.4 Å². The van der Waals surface area contributed by atoms with E-state index in [-0.39, 0.29) is 11.4 Å². The molecule has 0 radical (unpaired) electrons. The molecule has 18 heavy (non-hydrogen) atoms. The quantitative estimate of drug-likeness (QED) is 0.879. The number of nitrogens with one attached hydrogen (secondary N) is 1. The Labute approximate surface area is 109 Å². The van der Waals surface area contributed by atoms with Gasteiger partial charge >= 0.3 is 5.97 Å². The zero-order valence-electron chi connectivity index (χ0n) is 9.57. The first-order valence-corrected chi connectivity index (χ1v) is 6.14. The SMILES string of the molecule is O=C(NC12CC(C(=O)O)(C1)C2)c1cccc(Cl)c1. The van der Waals surface area contributed by atoms with Crippen LogP contribution < -0.4 is 5.32 Å². The van der Waals surface area contributed by atoms with Gasteiger partial charge in [-0.05, 0) is 37.5 Å². The number of carboxylic acid groups (broad SMARTS) is 1. The maximum absolute atomic E-state index is 12.0. The normalized spacial score (nSPS) is 32.1. The summed E-state index contributed by atoms with van der Waals surface area (Å²) in [5.41, 5.74) is -0.351. The second kappa shape index (κ2) is 3.48. The Balaban J connectivity index is 1.66. The van der Waals surface area contributed by atoms with Crippen LogP contribution in [-0.4, -0.2) is 22.5 Å². The Morgan fingerprint density at radius 3 is 2.50 bits per heavy atom. The van der Waals surface area contributed by atoms with Crippen molar-refractivity contribution in [2.75, 3.05) is 0 Å². The van der Waals surface area contributed by atoms with Gasteiger partial charge in [-0.2, -0.15) is 0 Å². The molecule has 94 valence electrons. The molecule has 0 spiro atoms. The van der Waals surface area contributed by atoms with Crippen molar-refractivity contribution in [2.24, 2.45) is 5.41 Å². The fraction of sp³-hybridized carbons (Fsp3) is 0.385. The number of benzene rings is 1. The number of aliphatic carboxylic acids is 1. The largest absolute Gasteiger partial charge is 0.481 e. The predicted octanol–water partition coefficient (Wildman–Crippen LogP) is 2.08. The topological polar surface area (TPSA) is 66.4 Å². The van der Waals surface area contributed by atoms with E-state index in [0.29, 0.717) is 29.8 Å². The monoisotopic (exact) mass is 265 g/mol. The molecule has 3 fully saturated rings. The van der Waals surface area contributed by atoms with E-state index in [2.05, 4.69) is 5.32 Å². The lowest BCUT2D eigenvalue weighted by molar-refractivity contribution is -0.196. The van der Waals surface area contributed by atoms with Crippen LogP contribution in [0.15, 0.2) is 24.3 Å². The van der Waals surface area contributed by atoms with Crippen LogP contribution in [0.4, 0.5) is 0 Å². The van der Waals surface area contributed by atoms with E-state index in [0.717, 1.165) is 0 Å². The molecular weight excluding hydrogens is 254 g/mol. The maximum Gasteiger partial charge on any atom is 0.309 e. The molecule has 0 aromatic heterocycles. The van der Waals surface area contributed by atoms with Crippen molar-refractivity contribution in [3.8, 4) is 0 Å². The summed E-state index contributed by atoms with van der Waals surface area (Å²) in [7, 11) is 0. The zero-order valence-corrected chi connectivity index (χ0v) is 10.3. The van der Waals surface area contributed by atoms with Crippen molar-refractivity contribution < 1.29 is 14.7 Å². The van der Waals surface area contributed by atoms with Crippen LogP contribution in [0.2, 0.25) is 5.02 Å². The minimum Gasteiger partial charge on any atom is -0.481 e. The van der Waals surface area contributed by atoms with E-state index >= 15 is 0 Å². The van der Waals surface area contributed by atoms with Crippen molar-refractivity contribution in [1.29, 1.82) is 0 Å². The van der Waals surface area contributed by atoms with Crippen LogP contribution in [0, 0.1) is 5.41 Å². The summed E-state index contributed by atoms with van der Waals surface area (Å²) < 4.78 is 0. The number of hydrogen-bond acceptors (Lipinski definition) is 2. The van der Waals surface area contributed by atoms with Crippen molar-refractivity contribution in [2.45, 2.75) is 24.8 Å². The second-order valence-corrected chi connectivity index (χ2v) is 5.80. The van der Waals surface area contributed by atoms with Crippen LogP contribution in [0.3, 0.4) is 0 Å². The number of carbonyl (C=O) groups is 2. The Kier molecular flexibility index (Phi) is 2.23. The molecule has 4 rings (SSSR count). The van der Waals surface area contributed by atoms with Gasteiger partial charge in [0.25, 0.3) is 5.91 Å². The molecule has 1 aromatic carbocycles. The fourth-order valence-corrected chi connectivity index (χ4v) is 3.28. The van der Waals surface area contributed by atoms with Gasteiger partial charge in [-0.25, -0.2) is 0 Å². The summed E-state index contributed by atoms with van der Waals surface area (Å²) in [5, 5.41) is 12.4. The zero-order chi connectivity index (χ0) is 13.0. The molecule has 0 atom stereocenters. The molecule has 0 unspecified atom stereocenters. The van der Waals surface area contributed by atoms with Gasteiger partial charge in [-0.1, -0.05) is 17.7 Å². The predicted molar refractivity (Wildman–Crippen MR) is 65.6 cm³/mol. The van der Waals surface area contributed by atoms with Crippen LogP contribution >= 0.6 is 11.6 Å². The molecule has 1 aromatic rings. The van der Waals surface area contributed by atoms with Crippen molar-refractivity contribution in [3.05, 3.63) is 34.9 Å². The highest BCUT2D eigenvalue weighted by molar-refractivity contribution is 6.30. The number of hydrogen-bond donors (Lipinski definition) is 2. The molecular formula is C13H12ClNO3. The highest BCUT2D eigenvalue weighted by atomic mass is 35.5. The highest BCUT2D eigenvalue weighted by Gasteiger charge is 2.72. The van der Waals surface area contributed by atoms with Crippen LogP contribution in [0.1, 0.15) is 29.6 Å². The summed E-state index contributed by atoms with van der Waals surface area (Å²) in [6, 6.07) is 6.73. The molecule has 1 amide bonds. The van der Waals surface area contributed by atoms with Crippen molar-refractivity contribution >= 4 is 23.5 Å². The third kappa shape index (κ3) is 1.52. The van der Waals surface area contributed by atoms with Gasteiger partial charge in [0, 0.05) is 16.1 Å². The molecule has 3 aliphatic rings. The van der Waals surface area contributed by atoms with Gasteiger partial charge in [-0.15, -0.1) is 0 Å². The van der Waals surface area contributed by atoms with Crippen LogP contribution in [0.25, 0.3) is 0 Å². The Bertz CT molecular complexity index is 535. The first-order valence-electron chi connectivity index (χ1n) is 5.76. The average molecular weight is 266 g/mol. The molecule has 4 nitrogen and oxygen atoms in total. The van der Waals surface area contributed by atoms with Crippen LogP contribution in [0.5, 0.6) is 0 Å². The molecule has 2 N–H and O–H groups in total. The second-order valence-electron chi connectivity index (χ2n) is 5.36. The smallest absolute Gasteiger partial charge is 0.309 e. The molecule has 2 bridgehead atoms. The van der Waals surface area contributed by atoms with Crippen molar-refractivity contribution in [1.82, 2.24) is 5.32 Å². The lowest BCUT2D eigenvalue weighted by Gasteiger charge is -2.67. The number of halogens is 1. The van der Waals surface area contributed by atoms with Crippen LogP contribution in [-0.2, 0) is 4.79 Å². The fourth-order valence-electron chi connectivity index (χ4n) is 3.09. The summed E-state index contributed by atoms with van der Waals surface area (Å²) in [5.74, 6) is -0.933. The Morgan fingerprint density at radius 2 is 1.94 bits per heavy atom. The minimum atomic E-state index is -0.749. The van der Waals surface area contributed by atoms with E-state index < -0.39 is 11.4 Å². The van der Waals surface area contributed by atoms with E-state index in [1.54, 1.807) is 24.3 Å². The third-order valence-corrected chi connectivity index (χ3v) is 4.18. The summed E-state index contributed by atoms with van der Waals surface area (Å²) in [4.78, 5) is 22.9. The number of carboxylic acids is 1. The lowest BCUT2D eigenvalue weighted by Crippen LogP contribution is -2.77. The van der Waals surface area contributed by atoms with E-state index in [4.69, 9.17) is 16.7 Å². The molecule has 0 heterocycles. The molecule has 3 saturated carbocycles. The highest BCUT2D eigenvalue weighted by Crippen LogP contribution is 2.67. The summed E-state index contributed by atoms with van der Waals surface area (Å²) in [6.07, 6.45) is 1.63. The Hall–Kier alpha value is -1.55. The minimum absolute atomic E-state index is 0.184. The number of carbonyl (C=O) groups excluding carboxylic acids is 1. The maximum atomic E-state index is 12.0.